The van der Waals surface area contributed by atoms with Gasteiger partial charge in [-0.25, -0.2) is 4.79 Å². The summed E-state index contributed by atoms with van der Waals surface area (Å²) < 4.78 is 0. The number of hydrogen-bond acceptors (Lipinski definition) is 4. The summed E-state index contributed by atoms with van der Waals surface area (Å²) >= 11 is 0. The topological polar surface area (TPSA) is 100 Å². The van der Waals surface area contributed by atoms with Gasteiger partial charge in [0.25, 0.3) is 0 Å². The number of allylic oxidation sites excluding steroid dienone is 1. The van der Waals surface area contributed by atoms with Crippen molar-refractivity contribution in [1.29, 1.82) is 5.41 Å². The highest BCUT2D eigenvalue weighted by Gasteiger charge is 2.13. The number of rotatable bonds is 6. The van der Waals surface area contributed by atoms with E-state index in [0.29, 0.717) is 16.8 Å². The number of hydrogen-bond donors (Lipinski definition) is 3. The highest BCUT2D eigenvalue weighted by Crippen LogP contribution is 2.20. The first-order valence-electron chi connectivity index (χ1n) is 7.49. The summed E-state index contributed by atoms with van der Waals surface area (Å²) in [5.41, 5.74) is 8.95. The third kappa shape index (κ3) is 3.57. The third-order valence-electron chi connectivity index (χ3n) is 3.54. The van der Waals surface area contributed by atoms with Crippen LogP contribution in [-0.4, -0.2) is 21.8 Å². The SMILES string of the molecule is C=Cc1cc(C(=N)c2cc(C(=O)O)ccc2N)cnc1/C=C\CC. The molecule has 122 valence electrons. The molecule has 0 radical (unpaired) electrons. The average molecular weight is 321 g/mol. The van der Waals surface area contributed by atoms with Crippen LogP contribution in [0.4, 0.5) is 5.69 Å². The third-order valence-corrected chi connectivity index (χ3v) is 3.54. The quantitative estimate of drug-likeness (QED) is 0.556. The minimum absolute atomic E-state index is 0.0864. The van der Waals surface area contributed by atoms with Gasteiger partial charge < -0.3 is 10.8 Å². The van der Waals surface area contributed by atoms with Crippen molar-refractivity contribution in [3.8, 4) is 0 Å². The van der Waals surface area contributed by atoms with Crippen LogP contribution >= 0.6 is 0 Å². The Bertz CT molecular complexity index is 839. The molecule has 0 aliphatic heterocycles. The summed E-state index contributed by atoms with van der Waals surface area (Å²) in [5, 5.41) is 17.5. The molecule has 2 rings (SSSR count). The lowest BCUT2D eigenvalue weighted by atomic mass is 9.98. The zero-order chi connectivity index (χ0) is 17.7. The highest BCUT2D eigenvalue weighted by molar-refractivity contribution is 6.14. The first kappa shape index (κ1) is 17.1. The molecule has 5 nitrogen and oxygen atoms in total. The number of anilines is 1. The van der Waals surface area contributed by atoms with Crippen LogP contribution in [0.5, 0.6) is 0 Å². The monoisotopic (exact) mass is 321 g/mol. The molecule has 1 heterocycles. The average Bonchev–Trinajstić information content (AvgIpc) is 2.59. The van der Waals surface area contributed by atoms with E-state index in [9.17, 15) is 4.79 Å². The number of nitrogen functional groups attached to an aromatic ring is 1. The fraction of sp³-hybridized carbons (Fsp3) is 0.105. The molecule has 1 aromatic heterocycles. The predicted octanol–water partition coefficient (Wildman–Crippen LogP) is 3.84. The van der Waals surface area contributed by atoms with Crippen molar-refractivity contribution in [3.05, 3.63) is 71.1 Å². The number of benzene rings is 1. The molecule has 0 bridgehead atoms. The van der Waals surface area contributed by atoms with Crippen molar-refractivity contribution in [2.45, 2.75) is 13.3 Å². The minimum Gasteiger partial charge on any atom is -0.478 e. The Balaban J connectivity index is 2.47. The molecule has 2 aromatic rings. The van der Waals surface area contributed by atoms with E-state index in [1.54, 1.807) is 18.3 Å². The molecule has 24 heavy (non-hydrogen) atoms. The summed E-state index contributed by atoms with van der Waals surface area (Å²) in [6.07, 6.45) is 8.06. The van der Waals surface area contributed by atoms with Gasteiger partial charge in [0.2, 0.25) is 0 Å². The second-order valence-electron chi connectivity index (χ2n) is 5.20. The van der Waals surface area contributed by atoms with E-state index in [2.05, 4.69) is 11.6 Å². The van der Waals surface area contributed by atoms with Gasteiger partial charge >= 0.3 is 5.97 Å². The Hall–Kier alpha value is -3.21. The van der Waals surface area contributed by atoms with E-state index in [1.165, 1.54) is 18.2 Å². The molecule has 5 heteroatoms. The Labute approximate surface area is 140 Å². The van der Waals surface area contributed by atoms with Crippen LogP contribution in [0.15, 0.2) is 43.1 Å². The lowest BCUT2D eigenvalue weighted by Gasteiger charge is -2.10. The van der Waals surface area contributed by atoms with Gasteiger partial charge in [-0.1, -0.05) is 25.7 Å². The van der Waals surface area contributed by atoms with Gasteiger partial charge in [0.05, 0.1) is 17.0 Å². The van der Waals surface area contributed by atoms with Crippen molar-refractivity contribution >= 4 is 29.5 Å². The fourth-order valence-electron chi connectivity index (χ4n) is 2.22. The Morgan fingerprint density at radius 1 is 1.38 bits per heavy atom. The van der Waals surface area contributed by atoms with E-state index >= 15 is 0 Å². The van der Waals surface area contributed by atoms with Crippen LogP contribution in [0.3, 0.4) is 0 Å². The van der Waals surface area contributed by atoms with Crippen molar-refractivity contribution in [3.63, 3.8) is 0 Å². The van der Waals surface area contributed by atoms with Crippen molar-refractivity contribution in [1.82, 2.24) is 4.98 Å². The predicted molar refractivity (Wildman–Crippen MR) is 97.4 cm³/mol. The van der Waals surface area contributed by atoms with Gasteiger partial charge in [0.15, 0.2) is 0 Å². The first-order valence-corrected chi connectivity index (χ1v) is 7.49. The second kappa shape index (κ2) is 7.37. The van der Waals surface area contributed by atoms with Gasteiger partial charge in [-0.15, -0.1) is 0 Å². The molecular weight excluding hydrogens is 302 g/mol. The van der Waals surface area contributed by atoms with E-state index in [0.717, 1.165) is 17.7 Å². The summed E-state index contributed by atoms with van der Waals surface area (Å²) in [7, 11) is 0. The second-order valence-corrected chi connectivity index (χ2v) is 5.20. The number of carboxylic acid groups (broad SMARTS) is 1. The Morgan fingerprint density at radius 2 is 2.12 bits per heavy atom. The van der Waals surface area contributed by atoms with Crippen molar-refractivity contribution in [2.24, 2.45) is 0 Å². The molecule has 0 atom stereocenters. The van der Waals surface area contributed by atoms with Gasteiger partial charge in [0, 0.05) is 28.6 Å². The van der Waals surface area contributed by atoms with Crippen LogP contribution < -0.4 is 5.73 Å². The largest absolute Gasteiger partial charge is 0.478 e. The molecular formula is C19H19N3O2. The Kier molecular flexibility index (Phi) is 5.27. The maximum Gasteiger partial charge on any atom is 0.335 e. The van der Waals surface area contributed by atoms with Gasteiger partial charge in [-0.2, -0.15) is 0 Å². The molecule has 0 fully saturated rings. The highest BCUT2D eigenvalue weighted by atomic mass is 16.4. The zero-order valence-electron chi connectivity index (χ0n) is 13.4. The molecule has 0 unspecified atom stereocenters. The van der Waals surface area contributed by atoms with Crippen LogP contribution in [0, 0.1) is 5.41 Å². The molecule has 0 saturated heterocycles. The van der Waals surface area contributed by atoms with E-state index in [-0.39, 0.29) is 11.3 Å². The molecule has 1 aromatic carbocycles. The molecule has 0 aliphatic rings. The maximum atomic E-state index is 11.1. The fourth-order valence-corrected chi connectivity index (χ4v) is 2.22. The van der Waals surface area contributed by atoms with E-state index in [1.807, 2.05) is 19.1 Å². The molecule has 0 amide bonds. The number of nitrogens with zero attached hydrogens (tertiary/aromatic N) is 1. The van der Waals surface area contributed by atoms with Crippen LogP contribution in [0.25, 0.3) is 12.2 Å². The van der Waals surface area contributed by atoms with E-state index in [4.69, 9.17) is 16.2 Å². The molecule has 0 spiro atoms. The normalized spacial score (nSPS) is 10.7. The number of aromatic nitrogens is 1. The number of nitrogens with one attached hydrogen (secondary N) is 1. The minimum atomic E-state index is -1.06. The van der Waals surface area contributed by atoms with Crippen LogP contribution in [0.2, 0.25) is 0 Å². The zero-order valence-corrected chi connectivity index (χ0v) is 13.4. The summed E-state index contributed by atoms with van der Waals surface area (Å²) in [5.74, 6) is -1.06. The standard InChI is InChI=1S/C19H19N3O2/c1-3-5-6-17-12(4-2)9-14(11-22-17)18(21)15-10-13(19(23)24)7-8-16(15)20/h4-11,21H,2-3,20H2,1H3,(H,23,24)/b6-5-,21-18?. The number of pyridine rings is 1. The number of aromatic carboxylic acids is 1. The van der Waals surface area contributed by atoms with Crippen molar-refractivity contribution in [2.75, 3.05) is 5.73 Å². The lowest BCUT2D eigenvalue weighted by molar-refractivity contribution is 0.0697. The molecule has 0 saturated carbocycles. The number of carboxylic acids is 1. The Morgan fingerprint density at radius 3 is 2.75 bits per heavy atom. The molecule has 4 N–H and O–H groups in total. The number of carbonyl (C=O) groups is 1. The lowest BCUT2D eigenvalue weighted by Crippen LogP contribution is -2.09. The van der Waals surface area contributed by atoms with Gasteiger partial charge in [-0.3, -0.25) is 10.4 Å². The number of nitrogens with two attached hydrogens (primary N) is 1. The maximum absolute atomic E-state index is 11.1. The summed E-state index contributed by atoms with van der Waals surface area (Å²) in [6, 6.07) is 6.11. The van der Waals surface area contributed by atoms with Gasteiger partial charge in [0.1, 0.15) is 0 Å². The van der Waals surface area contributed by atoms with Crippen LogP contribution in [-0.2, 0) is 0 Å². The van der Waals surface area contributed by atoms with Crippen molar-refractivity contribution < 1.29 is 9.90 Å². The van der Waals surface area contributed by atoms with E-state index < -0.39 is 5.97 Å². The molecule has 0 aliphatic carbocycles. The first-order chi connectivity index (χ1) is 11.5. The van der Waals surface area contributed by atoms with Gasteiger partial charge in [-0.05, 0) is 36.8 Å². The summed E-state index contributed by atoms with van der Waals surface area (Å²) in [4.78, 5) is 15.5. The summed E-state index contributed by atoms with van der Waals surface area (Å²) in [6.45, 7) is 5.82. The van der Waals surface area contributed by atoms with Crippen LogP contribution in [0.1, 0.15) is 46.1 Å². The smallest absolute Gasteiger partial charge is 0.335 e.